The molecule has 0 bridgehead atoms. The molecule has 0 aliphatic carbocycles. The Morgan fingerprint density at radius 1 is 0.400 bits per heavy atom. The Labute approximate surface area is 241 Å². The lowest BCUT2D eigenvalue weighted by molar-refractivity contribution is 0.439. The fourth-order valence-electron chi connectivity index (χ4n) is 5.59. The molecule has 4 rings (SSSR count). The van der Waals surface area contributed by atoms with E-state index >= 15 is 0 Å². The predicted octanol–water partition coefficient (Wildman–Crippen LogP) is 10.0. The molecule has 2 heteroatoms. The molecule has 0 aliphatic rings. The van der Waals surface area contributed by atoms with E-state index in [1.807, 2.05) is 12.1 Å². The maximum absolute atomic E-state index is 11.9. The molecular weight excluding hydrogens is 488 g/mol. The van der Waals surface area contributed by atoms with Gasteiger partial charge < -0.3 is 10.2 Å². The fraction of sp³-hybridized carbons (Fsp3) is 0.368. The van der Waals surface area contributed by atoms with E-state index in [0.29, 0.717) is 11.1 Å². The number of rotatable bonds is 5. The van der Waals surface area contributed by atoms with Crippen LogP contribution in [0.15, 0.2) is 84.9 Å². The summed E-state index contributed by atoms with van der Waals surface area (Å²) >= 11 is 0. The Balaban J connectivity index is 2.08. The number of benzene rings is 4. The number of phenols is 2. The van der Waals surface area contributed by atoms with Crippen LogP contribution < -0.4 is 0 Å². The molecule has 0 aliphatic heterocycles. The summed E-state index contributed by atoms with van der Waals surface area (Å²) in [6, 6.07) is 29.4. The van der Waals surface area contributed by atoms with E-state index in [9.17, 15) is 10.2 Å². The zero-order chi connectivity index (χ0) is 29.7. The minimum Gasteiger partial charge on any atom is -0.507 e. The first-order valence-electron chi connectivity index (χ1n) is 14.3. The van der Waals surface area contributed by atoms with Gasteiger partial charge in [0.1, 0.15) is 11.5 Å². The van der Waals surface area contributed by atoms with Gasteiger partial charge in [-0.05, 0) is 45.2 Å². The van der Waals surface area contributed by atoms with Gasteiger partial charge in [0.05, 0.1) is 0 Å². The lowest BCUT2D eigenvalue weighted by Crippen LogP contribution is -2.22. The van der Waals surface area contributed by atoms with Crippen LogP contribution in [0.25, 0.3) is 11.1 Å². The third-order valence-electron chi connectivity index (χ3n) is 8.56. The standard InChI is InChI=1S/C38H46O2/c1-35(2,3)31-23-27(37(7,8)25-17-13-11-14-18-25)21-29(33(31)39)30-22-28(24-32(34(30)40)36(4,5)6)38(9,10)26-19-15-12-16-20-26/h11-24,39-40H,1-10H3. The van der Waals surface area contributed by atoms with Crippen LogP contribution >= 0.6 is 0 Å². The number of phenolic OH excluding ortho intramolecular Hbond substituents is 2. The Bertz CT molecular complexity index is 1380. The summed E-state index contributed by atoms with van der Waals surface area (Å²) in [5.41, 5.74) is 6.44. The highest BCUT2D eigenvalue weighted by atomic mass is 16.3. The van der Waals surface area contributed by atoms with E-state index in [2.05, 4.69) is 142 Å². The highest BCUT2D eigenvalue weighted by Gasteiger charge is 2.33. The van der Waals surface area contributed by atoms with Gasteiger partial charge in [0.25, 0.3) is 0 Å². The van der Waals surface area contributed by atoms with Crippen molar-refractivity contribution in [3.63, 3.8) is 0 Å². The van der Waals surface area contributed by atoms with Crippen LogP contribution in [0.4, 0.5) is 0 Å². The van der Waals surface area contributed by atoms with Crippen molar-refractivity contribution >= 4 is 0 Å². The van der Waals surface area contributed by atoms with E-state index < -0.39 is 0 Å². The van der Waals surface area contributed by atoms with E-state index in [0.717, 1.165) is 22.3 Å². The van der Waals surface area contributed by atoms with Gasteiger partial charge in [-0.3, -0.25) is 0 Å². The normalized spacial score (nSPS) is 12.9. The number of hydrogen-bond acceptors (Lipinski definition) is 2. The van der Waals surface area contributed by atoms with Crippen molar-refractivity contribution in [3.8, 4) is 22.6 Å². The van der Waals surface area contributed by atoms with Crippen molar-refractivity contribution < 1.29 is 10.2 Å². The minimum atomic E-state index is -0.312. The first-order valence-corrected chi connectivity index (χ1v) is 14.3. The van der Waals surface area contributed by atoms with Gasteiger partial charge >= 0.3 is 0 Å². The summed E-state index contributed by atoms with van der Waals surface area (Å²) in [6.07, 6.45) is 0. The first-order chi connectivity index (χ1) is 18.5. The average molecular weight is 535 g/mol. The second-order valence-corrected chi connectivity index (χ2v) is 14.3. The smallest absolute Gasteiger partial charge is 0.127 e. The molecule has 2 N–H and O–H groups in total. The van der Waals surface area contributed by atoms with Crippen molar-refractivity contribution in [1.82, 2.24) is 0 Å². The molecule has 0 atom stereocenters. The van der Waals surface area contributed by atoms with Crippen LogP contribution in [-0.4, -0.2) is 10.2 Å². The molecule has 40 heavy (non-hydrogen) atoms. The van der Waals surface area contributed by atoms with E-state index in [-0.39, 0.29) is 33.2 Å². The molecule has 2 nitrogen and oxygen atoms in total. The van der Waals surface area contributed by atoms with Crippen LogP contribution in [0, 0.1) is 0 Å². The summed E-state index contributed by atoms with van der Waals surface area (Å²) < 4.78 is 0. The largest absolute Gasteiger partial charge is 0.507 e. The molecule has 0 heterocycles. The second kappa shape index (κ2) is 10.1. The third-order valence-corrected chi connectivity index (χ3v) is 8.56. The molecule has 4 aromatic carbocycles. The molecular formula is C38H46O2. The van der Waals surface area contributed by atoms with Gasteiger partial charge in [-0.15, -0.1) is 0 Å². The van der Waals surface area contributed by atoms with Crippen molar-refractivity contribution in [1.29, 1.82) is 0 Å². The summed E-state index contributed by atoms with van der Waals surface area (Å²) in [7, 11) is 0. The second-order valence-electron chi connectivity index (χ2n) is 14.3. The quantitative estimate of drug-likeness (QED) is 0.267. The van der Waals surface area contributed by atoms with Crippen LogP contribution in [0.1, 0.15) is 103 Å². The average Bonchev–Trinajstić information content (AvgIpc) is 2.88. The van der Waals surface area contributed by atoms with Gasteiger partial charge in [0, 0.05) is 33.1 Å². The number of hydrogen-bond donors (Lipinski definition) is 2. The Kier molecular flexibility index (Phi) is 7.47. The van der Waals surface area contributed by atoms with Crippen molar-refractivity contribution in [3.05, 3.63) is 118 Å². The predicted molar refractivity (Wildman–Crippen MR) is 170 cm³/mol. The Hall–Kier alpha value is -3.52. The van der Waals surface area contributed by atoms with Crippen LogP contribution in [0.2, 0.25) is 0 Å². The van der Waals surface area contributed by atoms with Gasteiger partial charge in [0.2, 0.25) is 0 Å². The summed E-state index contributed by atoms with van der Waals surface area (Å²) in [5, 5.41) is 23.7. The molecule has 0 aromatic heterocycles. The number of aromatic hydroxyl groups is 2. The molecule has 0 spiro atoms. The van der Waals surface area contributed by atoms with E-state index in [1.54, 1.807) is 0 Å². The first kappa shape index (κ1) is 29.5. The van der Waals surface area contributed by atoms with Crippen LogP contribution in [-0.2, 0) is 21.7 Å². The zero-order valence-corrected chi connectivity index (χ0v) is 26.0. The fourth-order valence-corrected chi connectivity index (χ4v) is 5.59. The molecule has 210 valence electrons. The lowest BCUT2D eigenvalue weighted by atomic mass is 9.72. The zero-order valence-electron chi connectivity index (χ0n) is 26.0. The van der Waals surface area contributed by atoms with Crippen molar-refractivity contribution in [2.45, 2.75) is 90.9 Å². The summed E-state index contributed by atoms with van der Waals surface area (Å²) in [4.78, 5) is 0. The van der Waals surface area contributed by atoms with E-state index in [1.165, 1.54) is 11.1 Å². The topological polar surface area (TPSA) is 40.5 Å². The van der Waals surface area contributed by atoms with Crippen LogP contribution in [0.3, 0.4) is 0 Å². The molecule has 0 fully saturated rings. The van der Waals surface area contributed by atoms with Crippen molar-refractivity contribution in [2.75, 3.05) is 0 Å². The lowest BCUT2D eigenvalue weighted by Gasteiger charge is -2.33. The Morgan fingerprint density at radius 3 is 0.975 bits per heavy atom. The Morgan fingerprint density at radius 2 is 0.700 bits per heavy atom. The van der Waals surface area contributed by atoms with Gasteiger partial charge in [-0.25, -0.2) is 0 Å². The van der Waals surface area contributed by atoms with Crippen molar-refractivity contribution in [2.24, 2.45) is 0 Å². The SMILES string of the molecule is CC(C)(C)c1cc(C(C)(C)c2ccccc2)cc(-c2cc(C(C)(C)c3ccccc3)cc(C(C)(C)C)c2O)c1O. The highest BCUT2D eigenvalue weighted by Crippen LogP contribution is 2.49. The molecule has 0 saturated heterocycles. The minimum absolute atomic E-state index is 0.227. The molecule has 4 aromatic rings. The molecule has 0 amide bonds. The van der Waals surface area contributed by atoms with Gasteiger partial charge in [0.15, 0.2) is 0 Å². The maximum Gasteiger partial charge on any atom is 0.127 e. The molecule has 0 unspecified atom stereocenters. The third kappa shape index (κ3) is 5.42. The maximum atomic E-state index is 11.9. The van der Waals surface area contributed by atoms with Gasteiger partial charge in [-0.2, -0.15) is 0 Å². The van der Waals surface area contributed by atoms with Crippen LogP contribution in [0.5, 0.6) is 11.5 Å². The van der Waals surface area contributed by atoms with Gasteiger partial charge in [-0.1, -0.05) is 142 Å². The molecule has 0 radical (unpaired) electrons. The van der Waals surface area contributed by atoms with E-state index in [4.69, 9.17) is 0 Å². The highest BCUT2D eigenvalue weighted by molar-refractivity contribution is 5.81. The monoisotopic (exact) mass is 534 g/mol. The molecule has 0 saturated carbocycles. The summed E-state index contributed by atoms with van der Waals surface area (Å²) in [6.45, 7) is 21.6. The summed E-state index contributed by atoms with van der Waals surface area (Å²) in [5.74, 6) is 0.454.